The van der Waals surface area contributed by atoms with Crippen molar-refractivity contribution in [2.45, 2.75) is 56.5 Å². The summed E-state index contributed by atoms with van der Waals surface area (Å²) in [4.78, 5) is 6.25. The first-order valence-corrected chi connectivity index (χ1v) is 11.8. The summed E-state index contributed by atoms with van der Waals surface area (Å²) in [7, 11) is 0. The molecule has 0 saturated carbocycles. The Morgan fingerprint density at radius 2 is 2.11 bits per heavy atom. The van der Waals surface area contributed by atoms with Crippen molar-refractivity contribution in [1.29, 1.82) is 0 Å². The number of hydrogen-bond acceptors (Lipinski definition) is 5. The highest BCUT2D eigenvalue weighted by molar-refractivity contribution is 7.98. The fourth-order valence-electron chi connectivity index (χ4n) is 3.90. The number of thiophene rings is 1. The van der Waals surface area contributed by atoms with Crippen molar-refractivity contribution < 1.29 is 0 Å². The van der Waals surface area contributed by atoms with E-state index in [1.54, 1.807) is 16.6 Å². The Kier molecular flexibility index (Phi) is 4.94. The first-order chi connectivity index (χ1) is 13.8. The molecule has 1 aliphatic carbocycles. The van der Waals surface area contributed by atoms with E-state index in [-0.39, 0.29) is 0 Å². The van der Waals surface area contributed by atoms with E-state index in [9.17, 15) is 0 Å². The lowest BCUT2D eigenvalue weighted by Gasteiger charge is -2.13. The molecule has 5 rings (SSSR count). The highest BCUT2D eigenvalue weighted by atomic mass is 32.2. The number of aryl methyl sites for hydroxylation is 1. The van der Waals surface area contributed by atoms with E-state index in [1.165, 1.54) is 36.8 Å². The summed E-state index contributed by atoms with van der Waals surface area (Å²) in [6.07, 6.45) is 10.2. The largest absolute Gasteiger partial charge is 0.307 e. The van der Waals surface area contributed by atoms with Gasteiger partial charge in [0.1, 0.15) is 5.65 Å². The van der Waals surface area contributed by atoms with Gasteiger partial charge in [0, 0.05) is 40.5 Å². The fraction of sp³-hybridized carbons (Fsp3) is 0.381. The minimum Gasteiger partial charge on any atom is -0.307 e. The third-order valence-corrected chi connectivity index (χ3v) is 7.32. The normalized spacial score (nSPS) is 13.9. The Balaban J connectivity index is 1.43. The quantitative estimate of drug-likeness (QED) is 0.409. The monoisotopic (exact) mass is 409 g/mol. The molecular formula is C21H23N5S2. The lowest BCUT2D eigenvalue weighted by atomic mass is 9.95. The van der Waals surface area contributed by atoms with Crippen LogP contribution in [0.4, 0.5) is 0 Å². The third-order valence-electron chi connectivity index (χ3n) is 5.23. The van der Waals surface area contributed by atoms with Crippen molar-refractivity contribution >= 4 is 28.7 Å². The third kappa shape index (κ3) is 3.26. The Morgan fingerprint density at radius 1 is 1.18 bits per heavy atom. The second kappa shape index (κ2) is 7.72. The number of aromatic nitrogens is 5. The van der Waals surface area contributed by atoms with E-state index in [1.807, 2.05) is 35.7 Å². The van der Waals surface area contributed by atoms with Crippen molar-refractivity contribution in [1.82, 2.24) is 24.1 Å². The standard InChI is InChI=1S/C21H23N5S2/c1-2-10-26-20(17-14-27-18-8-4-3-7-16(17)18)23-24-21(26)28-13-15-12-25-11-6-5-9-19(25)22-15/h5-6,9,11-12,14H,2-4,7-8,10,13H2,1H3. The van der Waals surface area contributed by atoms with E-state index in [4.69, 9.17) is 4.98 Å². The van der Waals surface area contributed by atoms with Crippen LogP contribution < -0.4 is 0 Å². The van der Waals surface area contributed by atoms with Gasteiger partial charge in [-0.15, -0.1) is 21.5 Å². The summed E-state index contributed by atoms with van der Waals surface area (Å²) >= 11 is 3.62. The van der Waals surface area contributed by atoms with Crippen LogP contribution in [0.3, 0.4) is 0 Å². The van der Waals surface area contributed by atoms with E-state index in [0.29, 0.717) is 0 Å². The molecule has 0 fully saturated rings. The predicted molar refractivity (Wildman–Crippen MR) is 115 cm³/mol. The SMILES string of the molecule is CCCn1c(SCc2cn3ccccc3n2)nnc1-c1csc2c1CCCC2. The van der Waals surface area contributed by atoms with Crippen molar-refractivity contribution in [3.63, 3.8) is 0 Å². The number of pyridine rings is 1. The maximum absolute atomic E-state index is 4.70. The lowest BCUT2D eigenvalue weighted by molar-refractivity contribution is 0.625. The molecule has 0 bridgehead atoms. The topological polar surface area (TPSA) is 48.0 Å². The average Bonchev–Trinajstić information content (AvgIpc) is 3.42. The number of rotatable bonds is 6. The first-order valence-electron chi connectivity index (χ1n) is 9.91. The molecule has 0 unspecified atom stereocenters. The fourth-order valence-corrected chi connectivity index (χ4v) is 5.87. The molecule has 0 saturated heterocycles. The summed E-state index contributed by atoms with van der Waals surface area (Å²) in [6.45, 7) is 3.16. The zero-order valence-corrected chi connectivity index (χ0v) is 17.6. The molecule has 0 amide bonds. The highest BCUT2D eigenvalue weighted by Crippen LogP contribution is 2.37. The Morgan fingerprint density at radius 3 is 3.00 bits per heavy atom. The van der Waals surface area contributed by atoms with Gasteiger partial charge < -0.3 is 8.97 Å². The summed E-state index contributed by atoms with van der Waals surface area (Å²) in [5.41, 5.74) is 4.87. The van der Waals surface area contributed by atoms with Gasteiger partial charge >= 0.3 is 0 Å². The molecular weight excluding hydrogens is 386 g/mol. The zero-order valence-electron chi connectivity index (χ0n) is 16.0. The van der Waals surface area contributed by atoms with Gasteiger partial charge in [0.2, 0.25) is 0 Å². The van der Waals surface area contributed by atoms with Crippen LogP contribution in [-0.2, 0) is 25.1 Å². The van der Waals surface area contributed by atoms with Gasteiger partial charge in [0.25, 0.3) is 0 Å². The van der Waals surface area contributed by atoms with Gasteiger partial charge in [-0.05, 0) is 49.8 Å². The lowest BCUT2D eigenvalue weighted by Crippen LogP contribution is -2.05. The molecule has 4 aromatic rings. The van der Waals surface area contributed by atoms with Crippen molar-refractivity contribution in [3.8, 4) is 11.4 Å². The van der Waals surface area contributed by atoms with Gasteiger partial charge in [-0.1, -0.05) is 24.8 Å². The van der Waals surface area contributed by atoms with Gasteiger partial charge in [0.15, 0.2) is 11.0 Å². The molecule has 144 valence electrons. The molecule has 7 heteroatoms. The maximum Gasteiger partial charge on any atom is 0.191 e. The average molecular weight is 410 g/mol. The minimum atomic E-state index is 0.797. The van der Waals surface area contributed by atoms with Crippen LogP contribution in [0.2, 0.25) is 0 Å². The van der Waals surface area contributed by atoms with Gasteiger partial charge in [-0.3, -0.25) is 0 Å². The number of hydrogen-bond donors (Lipinski definition) is 0. The van der Waals surface area contributed by atoms with Gasteiger partial charge in [0.05, 0.1) is 5.69 Å². The second-order valence-corrected chi connectivity index (χ2v) is 9.11. The first kappa shape index (κ1) is 17.9. The molecule has 5 nitrogen and oxygen atoms in total. The second-order valence-electron chi connectivity index (χ2n) is 7.20. The highest BCUT2D eigenvalue weighted by Gasteiger charge is 2.22. The van der Waals surface area contributed by atoms with E-state index in [2.05, 4.69) is 37.7 Å². The zero-order chi connectivity index (χ0) is 18.9. The molecule has 1 aliphatic rings. The number of imidazole rings is 1. The van der Waals surface area contributed by atoms with Crippen LogP contribution in [0.15, 0.2) is 41.1 Å². The van der Waals surface area contributed by atoms with Crippen molar-refractivity contribution in [2.24, 2.45) is 0 Å². The minimum absolute atomic E-state index is 0.797. The number of thioether (sulfide) groups is 1. The van der Waals surface area contributed by atoms with Crippen LogP contribution in [0.1, 0.15) is 42.3 Å². The van der Waals surface area contributed by atoms with E-state index in [0.717, 1.165) is 41.0 Å². The summed E-state index contributed by atoms with van der Waals surface area (Å²) in [6, 6.07) is 6.08. The summed E-state index contributed by atoms with van der Waals surface area (Å²) < 4.78 is 4.37. The van der Waals surface area contributed by atoms with E-state index < -0.39 is 0 Å². The van der Waals surface area contributed by atoms with Gasteiger partial charge in [-0.25, -0.2) is 4.98 Å². The van der Waals surface area contributed by atoms with E-state index >= 15 is 0 Å². The van der Waals surface area contributed by atoms with Crippen LogP contribution in [0.5, 0.6) is 0 Å². The summed E-state index contributed by atoms with van der Waals surface area (Å²) in [5.74, 6) is 1.84. The molecule has 0 aliphatic heterocycles. The molecule has 4 heterocycles. The Labute approximate surface area is 172 Å². The Bertz CT molecular complexity index is 1070. The molecule has 0 spiro atoms. The van der Waals surface area contributed by atoms with Crippen LogP contribution in [0, 0.1) is 0 Å². The van der Waals surface area contributed by atoms with Gasteiger partial charge in [-0.2, -0.15) is 0 Å². The summed E-state index contributed by atoms with van der Waals surface area (Å²) in [5, 5.41) is 12.5. The molecule has 0 atom stereocenters. The van der Waals surface area contributed by atoms with Crippen LogP contribution in [-0.4, -0.2) is 24.1 Å². The molecule has 28 heavy (non-hydrogen) atoms. The molecule has 0 aromatic carbocycles. The predicted octanol–water partition coefficient (Wildman–Crippen LogP) is 5.24. The molecule has 4 aromatic heterocycles. The maximum atomic E-state index is 4.70. The number of nitrogens with zero attached hydrogens (tertiary/aromatic N) is 5. The van der Waals surface area contributed by atoms with Crippen molar-refractivity contribution in [2.75, 3.05) is 0 Å². The Hall–Kier alpha value is -2.12. The molecule has 0 radical (unpaired) electrons. The van der Waals surface area contributed by atoms with Crippen LogP contribution in [0.25, 0.3) is 17.0 Å². The smallest absolute Gasteiger partial charge is 0.191 e. The number of fused-ring (bicyclic) bond motifs is 2. The molecule has 0 N–H and O–H groups in total. The van der Waals surface area contributed by atoms with Crippen molar-refractivity contribution in [3.05, 3.63) is 52.1 Å². The van der Waals surface area contributed by atoms with Crippen LogP contribution >= 0.6 is 23.1 Å².